The molecule has 4 rings (SSSR count). The summed E-state index contributed by atoms with van der Waals surface area (Å²) in [7, 11) is 0. The minimum Gasteiger partial charge on any atom is -0.471 e. The van der Waals surface area contributed by atoms with Gasteiger partial charge in [0, 0.05) is 18.3 Å². The highest BCUT2D eigenvalue weighted by atomic mass is 16.6. The number of aryl methyl sites for hydroxylation is 1. The number of nitro groups is 1. The van der Waals surface area contributed by atoms with E-state index in [0.29, 0.717) is 11.5 Å². The number of rotatable bonds is 8. The third-order valence-electron chi connectivity index (χ3n) is 5.57. The van der Waals surface area contributed by atoms with Crippen molar-refractivity contribution in [3.63, 3.8) is 0 Å². The number of carbonyl (C=O) groups excluding carboxylic acids is 1. The Balaban J connectivity index is 1.42. The molecule has 0 bridgehead atoms. The molecule has 0 aliphatic heterocycles. The van der Waals surface area contributed by atoms with E-state index in [0.717, 1.165) is 5.56 Å². The predicted molar refractivity (Wildman–Crippen MR) is 140 cm³/mol. The van der Waals surface area contributed by atoms with Crippen LogP contribution in [-0.2, 0) is 12.1 Å². The van der Waals surface area contributed by atoms with E-state index in [1.807, 2.05) is 43.3 Å². The number of nitrogens with one attached hydrogen (secondary N) is 1. The predicted octanol–water partition coefficient (Wildman–Crippen LogP) is 6.48. The molecular formula is C28H28N4O5. The molecule has 0 unspecified atom stereocenters. The highest BCUT2D eigenvalue weighted by molar-refractivity contribution is 6.03. The Labute approximate surface area is 214 Å². The maximum atomic E-state index is 12.8. The molecule has 37 heavy (non-hydrogen) atoms. The molecule has 1 N–H and O–H groups in total. The van der Waals surface area contributed by atoms with E-state index in [1.165, 1.54) is 28.4 Å². The van der Waals surface area contributed by atoms with Crippen LogP contribution < -0.4 is 14.8 Å². The molecule has 0 fully saturated rings. The fourth-order valence-corrected chi connectivity index (χ4v) is 3.50. The first-order valence-electron chi connectivity index (χ1n) is 11.7. The highest BCUT2D eigenvalue weighted by Crippen LogP contribution is 2.30. The molecule has 4 aromatic rings. The third-order valence-corrected chi connectivity index (χ3v) is 5.57. The number of amides is 1. The summed E-state index contributed by atoms with van der Waals surface area (Å²) in [5.41, 5.74) is 2.45. The van der Waals surface area contributed by atoms with Gasteiger partial charge in [0.25, 0.3) is 11.6 Å². The van der Waals surface area contributed by atoms with Crippen molar-refractivity contribution >= 4 is 17.3 Å². The fraction of sp³-hybridized carbons (Fsp3) is 0.214. The van der Waals surface area contributed by atoms with Gasteiger partial charge in [-0.05, 0) is 48.2 Å². The Hall–Kier alpha value is -4.66. The summed E-state index contributed by atoms with van der Waals surface area (Å²) in [4.78, 5) is 23.7. The van der Waals surface area contributed by atoms with Gasteiger partial charge < -0.3 is 14.8 Å². The quantitative estimate of drug-likeness (QED) is 0.219. The maximum Gasteiger partial charge on any atom is 0.276 e. The Morgan fingerprint density at radius 1 is 0.973 bits per heavy atom. The van der Waals surface area contributed by atoms with Crippen molar-refractivity contribution in [2.45, 2.75) is 39.8 Å². The molecule has 0 saturated heterocycles. The minimum absolute atomic E-state index is 0.0511. The number of ether oxygens (including phenoxy) is 2. The molecule has 0 radical (unpaired) electrons. The lowest BCUT2D eigenvalue weighted by Gasteiger charge is -2.19. The number of hydrogen-bond donors (Lipinski definition) is 1. The average molecular weight is 501 g/mol. The van der Waals surface area contributed by atoms with Crippen LogP contribution in [0.5, 0.6) is 17.2 Å². The zero-order chi connectivity index (χ0) is 26.6. The number of aromatic nitrogens is 2. The third kappa shape index (κ3) is 6.72. The van der Waals surface area contributed by atoms with Gasteiger partial charge in [-0.1, -0.05) is 50.6 Å². The summed E-state index contributed by atoms with van der Waals surface area (Å²) < 4.78 is 13.0. The molecule has 0 saturated carbocycles. The van der Waals surface area contributed by atoms with Gasteiger partial charge in [0.2, 0.25) is 0 Å². The zero-order valence-corrected chi connectivity index (χ0v) is 21.1. The summed E-state index contributed by atoms with van der Waals surface area (Å²) in [5, 5.41) is 18.3. The number of nitrogens with zero attached hydrogens (tertiary/aromatic N) is 3. The van der Waals surface area contributed by atoms with E-state index in [9.17, 15) is 14.9 Å². The summed E-state index contributed by atoms with van der Waals surface area (Å²) in [6.45, 7) is 8.50. The monoisotopic (exact) mass is 500 g/mol. The smallest absolute Gasteiger partial charge is 0.276 e. The Morgan fingerprint density at radius 3 is 2.30 bits per heavy atom. The van der Waals surface area contributed by atoms with Crippen molar-refractivity contribution in [3.8, 4) is 17.2 Å². The first kappa shape index (κ1) is 25.4. The van der Waals surface area contributed by atoms with E-state index in [-0.39, 0.29) is 35.0 Å². The summed E-state index contributed by atoms with van der Waals surface area (Å²) in [6.07, 6.45) is 1.62. The second kappa shape index (κ2) is 10.5. The lowest BCUT2D eigenvalue weighted by Crippen LogP contribution is -2.14. The normalized spacial score (nSPS) is 11.1. The van der Waals surface area contributed by atoms with Gasteiger partial charge >= 0.3 is 0 Å². The molecule has 9 heteroatoms. The highest BCUT2D eigenvalue weighted by Gasteiger charge is 2.16. The number of nitro benzene ring substituents is 1. The SMILES string of the molecule is Cc1ccc(Oc2cc(NC(=O)c3ccn(COc4ccc(C(C)(C)C)cc4)n3)cc([N+](=O)[O-])c2)cc1. The van der Waals surface area contributed by atoms with Crippen LogP contribution in [0.25, 0.3) is 0 Å². The summed E-state index contributed by atoms with van der Waals surface area (Å²) in [6, 6.07) is 20.7. The van der Waals surface area contributed by atoms with Crippen molar-refractivity contribution in [2.24, 2.45) is 0 Å². The van der Waals surface area contributed by atoms with E-state index >= 15 is 0 Å². The largest absolute Gasteiger partial charge is 0.471 e. The molecule has 0 aliphatic rings. The van der Waals surface area contributed by atoms with Crippen molar-refractivity contribution in [3.05, 3.63) is 106 Å². The van der Waals surface area contributed by atoms with Gasteiger partial charge in [0.05, 0.1) is 16.7 Å². The van der Waals surface area contributed by atoms with Gasteiger partial charge in [-0.25, -0.2) is 4.68 Å². The van der Waals surface area contributed by atoms with Crippen LogP contribution in [-0.4, -0.2) is 20.6 Å². The zero-order valence-electron chi connectivity index (χ0n) is 21.1. The molecule has 1 amide bonds. The van der Waals surface area contributed by atoms with Crippen LogP contribution in [0.2, 0.25) is 0 Å². The first-order chi connectivity index (χ1) is 17.6. The van der Waals surface area contributed by atoms with Crippen LogP contribution in [0.3, 0.4) is 0 Å². The Bertz CT molecular complexity index is 1400. The number of hydrogen-bond acceptors (Lipinski definition) is 6. The van der Waals surface area contributed by atoms with Crippen molar-refractivity contribution in [1.29, 1.82) is 0 Å². The molecule has 1 heterocycles. The van der Waals surface area contributed by atoms with Gasteiger partial charge in [0.15, 0.2) is 12.4 Å². The number of benzene rings is 3. The molecular weight excluding hydrogens is 472 g/mol. The summed E-state index contributed by atoms with van der Waals surface area (Å²) in [5.74, 6) is 0.919. The van der Waals surface area contributed by atoms with Crippen molar-refractivity contribution in [2.75, 3.05) is 5.32 Å². The fourth-order valence-electron chi connectivity index (χ4n) is 3.50. The summed E-state index contributed by atoms with van der Waals surface area (Å²) >= 11 is 0. The van der Waals surface area contributed by atoms with Crippen molar-refractivity contribution < 1.29 is 19.2 Å². The van der Waals surface area contributed by atoms with Gasteiger partial charge in [-0.2, -0.15) is 5.10 Å². The van der Waals surface area contributed by atoms with Gasteiger partial charge in [-0.3, -0.25) is 14.9 Å². The topological polar surface area (TPSA) is 109 Å². The van der Waals surface area contributed by atoms with Crippen LogP contribution in [0.15, 0.2) is 79.0 Å². The van der Waals surface area contributed by atoms with Crippen LogP contribution >= 0.6 is 0 Å². The second-order valence-electron chi connectivity index (χ2n) is 9.63. The Kier molecular flexibility index (Phi) is 7.24. The molecule has 0 atom stereocenters. The molecule has 3 aromatic carbocycles. The van der Waals surface area contributed by atoms with Gasteiger partial charge in [0.1, 0.15) is 17.2 Å². The average Bonchev–Trinajstić information content (AvgIpc) is 3.33. The van der Waals surface area contributed by atoms with Crippen molar-refractivity contribution in [1.82, 2.24) is 9.78 Å². The standard InChI is InChI=1S/C28H28N4O5/c1-19-5-9-24(10-6-19)37-25-16-21(15-22(17-25)32(34)35)29-27(33)26-13-14-31(30-26)18-36-23-11-7-20(8-12-23)28(2,3)4/h5-17H,18H2,1-4H3,(H,29,33). The van der Waals surface area contributed by atoms with E-state index in [1.54, 1.807) is 24.4 Å². The molecule has 0 aliphatic carbocycles. The number of carbonyl (C=O) groups is 1. The number of anilines is 1. The van der Waals surface area contributed by atoms with Gasteiger partial charge in [-0.15, -0.1) is 0 Å². The first-order valence-corrected chi connectivity index (χ1v) is 11.7. The lowest BCUT2D eigenvalue weighted by molar-refractivity contribution is -0.384. The molecule has 0 spiro atoms. The van der Waals surface area contributed by atoms with Crippen LogP contribution in [0.1, 0.15) is 42.4 Å². The second-order valence-corrected chi connectivity index (χ2v) is 9.63. The molecule has 190 valence electrons. The van der Waals surface area contributed by atoms with E-state index in [2.05, 4.69) is 31.2 Å². The minimum atomic E-state index is -0.544. The molecule has 9 nitrogen and oxygen atoms in total. The van der Waals surface area contributed by atoms with E-state index in [4.69, 9.17) is 9.47 Å². The van der Waals surface area contributed by atoms with Crippen LogP contribution in [0, 0.1) is 17.0 Å². The Morgan fingerprint density at radius 2 is 1.65 bits per heavy atom. The molecule has 1 aromatic heterocycles. The van der Waals surface area contributed by atoms with Crippen LogP contribution in [0.4, 0.5) is 11.4 Å². The lowest BCUT2D eigenvalue weighted by atomic mass is 9.87. The number of non-ortho nitro benzene ring substituents is 1. The van der Waals surface area contributed by atoms with E-state index < -0.39 is 10.8 Å². The maximum absolute atomic E-state index is 12.8.